The number of ether oxygens (including phenoxy) is 4. The molecule has 0 saturated carbocycles. The van der Waals surface area contributed by atoms with E-state index in [4.69, 9.17) is 18.9 Å². The summed E-state index contributed by atoms with van der Waals surface area (Å²) in [5.74, 6) is -2.01. The van der Waals surface area contributed by atoms with Gasteiger partial charge in [-0.1, -0.05) is 264 Å². The average Bonchev–Trinajstić information content (AvgIpc) is 3.41. The third-order valence-electron chi connectivity index (χ3n) is 13.3. The van der Waals surface area contributed by atoms with Crippen LogP contribution < -0.4 is 0 Å². The quantitative estimate of drug-likeness (QED) is 0.0211. The standard InChI is InChI=1S/C69H117NO8/c1-6-8-10-12-14-16-18-20-22-23-24-25-26-27-28-29-30-31-32-33-34-35-36-37-38-39-40-41-42-43-44-45-46-48-50-52-54-56-58-60-67(72)78-65(64-77-69(68(73)74)75-62-61-70(3,4)5)63-76-66(71)59-57-55-53-51-49-47-21-19-17-15-13-11-9-7-2/h8,10,14,16,20,22,24-25,27-28,30-31,33-34,36-37,39-40,65,69H,6-7,9,11-13,15,17-19,21,23,26,29,32,35,38,41-64H2,1-5H3/p+1/b10-8-,16-14-,22-20-,25-24-,28-27-,31-30-,34-33-,37-36-,40-39-. The zero-order valence-corrected chi connectivity index (χ0v) is 50.8. The van der Waals surface area contributed by atoms with E-state index < -0.39 is 24.3 Å². The summed E-state index contributed by atoms with van der Waals surface area (Å²) in [7, 11) is 5.97. The smallest absolute Gasteiger partial charge is 0.361 e. The Balaban J connectivity index is 4.12. The molecule has 446 valence electrons. The molecule has 0 aromatic heterocycles. The second-order valence-corrected chi connectivity index (χ2v) is 22.0. The molecule has 9 heteroatoms. The number of carboxylic acids is 1. The SMILES string of the molecule is CC/C=C\C/C=C\C/C=C\C/C=C\C/C=C\C/C=C\C/C=C\C/C=C\C/C=C\CCCCCCCCCCCCCC(=O)OC(COC(=O)CCCCCCCCCCCCCCCC)COC(OCC[N+](C)(C)C)C(=O)O. The van der Waals surface area contributed by atoms with Crippen molar-refractivity contribution < 1.29 is 42.9 Å². The summed E-state index contributed by atoms with van der Waals surface area (Å²) in [4.78, 5) is 37.4. The van der Waals surface area contributed by atoms with Crippen molar-refractivity contribution in [2.24, 2.45) is 0 Å². The molecule has 0 fully saturated rings. The number of unbranched alkanes of at least 4 members (excludes halogenated alkanes) is 24. The number of rotatable bonds is 57. The van der Waals surface area contributed by atoms with Crippen molar-refractivity contribution in [1.82, 2.24) is 0 Å². The maximum absolute atomic E-state index is 12.9. The van der Waals surface area contributed by atoms with Crippen molar-refractivity contribution in [1.29, 1.82) is 0 Å². The van der Waals surface area contributed by atoms with E-state index in [1.54, 1.807) is 0 Å². The molecule has 0 radical (unpaired) electrons. The van der Waals surface area contributed by atoms with Crippen molar-refractivity contribution in [3.05, 3.63) is 109 Å². The molecule has 0 aliphatic carbocycles. The van der Waals surface area contributed by atoms with Crippen LogP contribution in [-0.2, 0) is 33.3 Å². The van der Waals surface area contributed by atoms with Crippen LogP contribution in [0.1, 0.15) is 251 Å². The molecular weight excluding hydrogens is 971 g/mol. The molecule has 0 aliphatic rings. The van der Waals surface area contributed by atoms with Gasteiger partial charge in [0.15, 0.2) is 6.10 Å². The molecule has 0 rings (SSSR count). The fourth-order valence-corrected chi connectivity index (χ4v) is 8.48. The van der Waals surface area contributed by atoms with Crippen molar-refractivity contribution in [3.8, 4) is 0 Å². The van der Waals surface area contributed by atoms with E-state index >= 15 is 0 Å². The van der Waals surface area contributed by atoms with Gasteiger partial charge >= 0.3 is 17.9 Å². The van der Waals surface area contributed by atoms with E-state index in [0.29, 0.717) is 23.9 Å². The Hall–Kier alpha value is -4.05. The maximum Gasteiger partial charge on any atom is 0.361 e. The molecule has 0 saturated heterocycles. The minimum atomic E-state index is -1.51. The van der Waals surface area contributed by atoms with Gasteiger partial charge in [-0.3, -0.25) is 9.59 Å². The molecule has 1 N–H and O–H groups in total. The molecule has 9 nitrogen and oxygen atoms in total. The summed E-state index contributed by atoms with van der Waals surface area (Å²) >= 11 is 0. The number of esters is 2. The lowest BCUT2D eigenvalue weighted by Gasteiger charge is -2.25. The highest BCUT2D eigenvalue weighted by atomic mass is 16.7. The van der Waals surface area contributed by atoms with E-state index in [9.17, 15) is 19.5 Å². The molecular formula is C69H118NO8+. The number of carboxylic acid groups (broad SMARTS) is 1. The number of carbonyl (C=O) groups excluding carboxylic acids is 2. The largest absolute Gasteiger partial charge is 0.477 e. The van der Waals surface area contributed by atoms with Crippen molar-refractivity contribution in [3.63, 3.8) is 0 Å². The Morgan fingerprint density at radius 1 is 0.397 bits per heavy atom. The van der Waals surface area contributed by atoms with Crippen molar-refractivity contribution >= 4 is 17.9 Å². The normalized spacial score (nSPS) is 13.5. The van der Waals surface area contributed by atoms with E-state index in [2.05, 4.69) is 123 Å². The van der Waals surface area contributed by atoms with Crippen LogP contribution in [0.15, 0.2) is 109 Å². The predicted molar refractivity (Wildman–Crippen MR) is 332 cm³/mol. The Morgan fingerprint density at radius 2 is 0.731 bits per heavy atom. The third kappa shape index (κ3) is 59.6. The monoisotopic (exact) mass is 1090 g/mol. The van der Waals surface area contributed by atoms with E-state index in [-0.39, 0.29) is 32.2 Å². The number of likely N-dealkylation sites (N-methyl/N-ethyl adjacent to an activating group) is 1. The summed E-state index contributed by atoms with van der Waals surface area (Å²) in [5.41, 5.74) is 0. The Morgan fingerprint density at radius 3 is 1.09 bits per heavy atom. The Labute approximate surface area is 479 Å². The molecule has 0 amide bonds. The lowest BCUT2D eigenvalue weighted by Crippen LogP contribution is -2.40. The van der Waals surface area contributed by atoms with Crippen molar-refractivity contribution in [2.45, 2.75) is 264 Å². The number of nitrogens with zero attached hydrogens (tertiary/aromatic N) is 1. The number of aliphatic carboxylic acids is 1. The van der Waals surface area contributed by atoms with Crippen LogP contribution in [0.25, 0.3) is 0 Å². The number of carbonyl (C=O) groups is 3. The van der Waals surface area contributed by atoms with Crippen molar-refractivity contribution in [2.75, 3.05) is 47.5 Å². The summed E-state index contributed by atoms with van der Waals surface area (Å²) in [6, 6.07) is 0. The summed E-state index contributed by atoms with van der Waals surface area (Å²) in [6.07, 6.45) is 79.0. The second kappa shape index (κ2) is 59.1. The van der Waals surface area contributed by atoms with Gasteiger partial charge in [0, 0.05) is 12.8 Å². The Kier molecular flexibility index (Phi) is 56.0. The number of hydrogen-bond acceptors (Lipinski definition) is 7. The molecule has 2 atom stereocenters. The number of allylic oxidation sites excluding steroid dienone is 18. The fourth-order valence-electron chi connectivity index (χ4n) is 8.48. The fraction of sp³-hybridized carbons (Fsp3) is 0.696. The van der Waals surface area contributed by atoms with Crippen LogP contribution in [-0.4, -0.2) is 87.4 Å². The van der Waals surface area contributed by atoms with Crippen LogP contribution in [0, 0.1) is 0 Å². The van der Waals surface area contributed by atoms with Crippen LogP contribution in [0.3, 0.4) is 0 Å². The summed E-state index contributed by atoms with van der Waals surface area (Å²) < 4.78 is 22.9. The van der Waals surface area contributed by atoms with Gasteiger partial charge in [0.1, 0.15) is 13.2 Å². The molecule has 0 spiro atoms. The molecule has 2 unspecified atom stereocenters. The van der Waals surface area contributed by atoms with E-state index in [1.165, 1.54) is 116 Å². The Bertz CT molecular complexity index is 1640. The van der Waals surface area contributed by atoms with Gasteiger partial charge in [0.25, 0.3) is 6.29 Å². The van der Waals surface area contributed by atoms with E-state index in [1.807, 2.05) is 21.1 Å². The van der Waals surface area contributed by atoms with Gasteiger partial charge in [-0.25, -0.2) is 4.79 Å². The van der Waals surface area contributed by atoms with Gasteiger partial charge in [-0.05, 0) is 83.5 Å². The summed E-state index contributed by atoms with van der Waals surface area (Å²) in [5, 5.41) is 9.70. The van der Waals surface area contributed by atoms with Gasteiger partial charge < -0.3 is 28.5 Å². The van der Waals surface area contributed by atoms with Crippen LogP contribution in [0.4, 0.5) is 0 Å². The zero-order chi connectivity index (χ0) is 56.9. The van der Waals surface area contributed by atoms with E-state index in [0.717, 1.165) is 103 Å². The van der Waals surface area contributed by atoms with Gasteiger partial charge in [0.2, 0.25) is 0 Å². The molecule has 0 aliphatic heterocycles. The zero-order valence-electron chi connectivity index (χ0n) is 50.8. The van der Waals surface area contributed by atoms with Gasteiger partial charge in [-0.2, -0.15) is 0 Å². The minimum Gasteiger partial charge on any atom is -0.477 e. The molecule has 0 bridgehead atoms. The average molecular weight is 1090 g/mol. The summed E-state index contributed by atoms with van der Waals surface area (Å²) in [6.45, 7) is 4.76. The highest BCUT2D eigenvalue weighted by molar-refractivity contribution is 5.71. The molecule has 78 heavy (non-hydrogen) atoms. The lowest BCUT2D eigenvalue weighted by atomic mass is 10.0. The lowest BCUT2D eigenvalue weighted by molar-refractivity contribution is -0.870. The minimum absolute atomic E-state index is 0.184. The first kappa shape index (κ1) is 74.0. The van der Waals surface area contributed by atoms with Gasteiger partial charge in [0.05, 0.1) is 34.4 Å². The molecule has 0 aromatic carbocycles. The van der Waals surface area contributed by atoms with Gasteiger partial charge in [-0.15, -0.1) is 0 Å². The second-order valence-electron chi connectivity index (χ2n) is 22.0. The first-order chi connectivity index (χ1) is 38.1. The van der Waals surface area contributed by atoms with Crippen LogP contribution in [0.5, 0.6) is 0 Å². The molecule has 0 aromatic rings. The predicted octanol–water partition coefficient (Wildman–Crippen LogP) is 19.1. The maximum atomic E-state index is 12.9. The highest BCUT2D eigenvalue weighted by Crippen LogP contribution is 2.16. The number of hydrogen-bond donors (Lipinski definition) is 1. The topological polar surface area (TPSA) is 108 Å². The highest BCUT2D eigenvalue weighted by Gasteiger charge is 2.25. The first-order valence-electron chi connectivity index (χ1n) is 31.6. The van der Waals surface area contributed by atoms with Crippen LogP contribution in [0.2, 0.25) is 0 Å². The molecule has 0 heterocycles. The first-order valence-corrected chi connectivity index (χ1v) is 31.6. The van der Waals surface area contributed by atoms with Crippen LogP contribution >= 0.6 is 0 Å². The third-order valence-corrected chi connectivity index (χ3v) is 13.3. The number of quaternary nitrogens is 1.